The molecule has 9 heteroatoms. The average molecular weight is 521 g/mol. The van der Waals surface area contributed by atoms with Crippen LogP contribution in [0.5, 0.6) is 0 Å². The molecule has 3 N–H and O–H groups in total. The largest absolute Gasteiger partial charge is 0.384 e. The maximum Gasteiger partial charge on any atom is 0.290 e. The van der Waals surface area contributed by atoms with Crippen molar-refractivity contribution in [1.29, 1.82) is 0 Å². The van der Waals surface area contributed by atoms with E-state index in [-0.39, 0.29) is 40.2 Å². The highest BCUT2D eigenvalue weighted by atomic mass is 32.2. The van der Waals surface area contributed by atoms with E-state index >= 15 is 0 Å². The Balaban J connectivity index is 3.21. The topological polar surface area (TPSA) is 129 Å². The van der Waals surface area contributed by atoms with Gasteiger partial charge >= 0.3 is 0 Å². The smallest absolute Gasteiger partial charge is 0.290 e. The maximum atomic E-state index is 12.2. The number of hydrogen-bond acceptors (Lipinski definition) is 5. The van der Waals surface area contributed by atoms with Gasteiger partial charge in [0.25, 0.3) is 20.2 Å². The van der Waals surface area contributed by atoms with Crippen molar-refractivity contribution in [3.05, 3.63) is 32.6 Å². The quantitative estimate of drug-likeness (QED) is 0.157. The summed E-state index contributed by atoms with van der Waals surface area (Å²) >= 11 is 0. The molecule has 0 amide bonds. The minimum absolute atomic E-state index is 0.0799. The normalized spacial score (nSPS) is 20.3. The zero-order valence-corrected chi connectivity index (χ0v) is 22.7. The second-order valence-electron chi connectivity index (χ2n) is 9.35. The minimum atomic E-state index is -4.57. The summed E-state index contributed by atoms with van der Waals surface area (Å²) in [6, 6.07) is 0. The molecule has 0 spiro atoms. The molecule has 34 heavy (non-hydrogen) atoms. The van der Waals surface area contributed by atoms with E-state index < -0.39 is 26.3 Å². The molecule has 0 aromatic rings. The lowest BCUT2D eigenvalue weighted by molar-refractivity contribution is 0.239. The van der Waals surface area contributed by atoms with Gasteiger partial charge in [0.2, 0.25) is 0 Å². The van der Waals surface area contributed by atoms with Crippen LogP contribution in [0.4, 0.5) is 0 Å². The second kappa shape index (κ2) is 15.2. The summed E-state index contributed by atoms with van der Waals surface area (Å²) in [6.07, 6.45) is 11.6. The first-order chi connectivity index (χ1) is 15.9. The predicted octanol–water partition coefficient (Wildman–Crippen LogP) is 6.48. The van der Waals surface area contributed by atoms with Crippen LogP contribution in [0.2, 0.25) is 0 Å². The SMILES string of the molecule is CCCCCCCCC(=C1C=C(C)C(O)C(=C(CCCCCCCC)S(=O)(=O)O)C1)S(=O)(=O)O. The van der Waals surface area contributed by atoms with E-state index in [1.807, 2.05) is 0 Å². The van der Waals surface area contributed by atoms with Crippen LogP contribution in [-0.4, -0.2) is 37.2 Å². The van der Waals surface area contributed by atoms with Gasteiger partial charge in [-0.25, -0.2) is 0 Å². The molecule has 1 aliphatic carbocycles. The molecule has 7 nitrogen and oxygen atoms in total. The van der Waals surface area contributed by atoms with Crippen LogP contribution in [0, 0.1) is 0 Å². The van der Waals surface area contributed by atoms with Gasteiger partial charge < -0.3 is 5.11 Å². The molecule has 0 saturated heterocycles. The Kier molecular flexibility index (Phi) is 13.9. The number of aliphatic hydroxyl groups is 1. The summed E-state index contributed by atoms with van der Waals surface area (Å²) in [5.41, 5.74) is 0.748. The lowest BCUT2D eigenvalue weighted by atomic mass is 9.87. The van der Waals surface area contributed by atoms with E-state index in [0.717, 1.165) is 64.2 Å². The summed E-state index contributed by atoms with van der Waals surface area (Å²) in [4.78, 5) is -0.379. The van der Waals surface area contributed by atoms with Gasteiger partial charge in [-0.2, -0.15) is 16.8 Å². The molecule has 1 atom stereocenters. The molecule has 0 aliphatic heterocycles. The maximum absolute atomic E-state index is 12.2. The molecular weight excluding hydrogens is 476 g/mol. The van der Waals surface area contributed by atoms with E-state index in [1.54, 1.807) is 6.92 Å². The molecule has 198 valence electrons. The van der Waals surface area contributed by atoms with Crippen molar-refractivity contribution >= 4 is 20.2 Å². The van der Waals surface area contributed by atoms with Gasteiger partial charge in [-0.3, -0.25) is 9.11 Å². The number of aliphatic hydroxyl groups excluding tert-OH is 1. The van der Waals surface area contributed by atoms with Gasteiger partial charge in [0.1, 0.15) is 0 Å². The van der Waals surface area contributed by atoms with E-state index in [9.17, 15) is 31.0 Å². The van der Waals surface area contributed by atoms with Crippen LogP contribution in [0.3, 0.4) is 0 Å². The highest BCUT2D eigenvalue weighted by molar-refractivity contribution is 7.90. The third kappa shape index (κ3) is 10.7. The first-order valence-corrected chi connectivity index (χ1v) is 15.6. The van der Waals surface area contributed by atoms with Crippen molar-refractivity contribution in [3.63, 3.8) is 0 Å². The highest BCUT2D eigenvalue weighted by Gasteiger charge is 2.31. The lowest BCUT2D eigenvalue weighted by Gasteiger charge is -2.26. The summed E-state index contributed by atoms with van der Waals surface area (Å²) in [5, 5.41) is 10.7. The molecule has 1 unspecified atom stereocenters. The molecule has 1 aliphatic rings. The Morgan fingerprint density at radius 1 is 0.765 bits per heavy atom. The molecule has 0 aromatic carbocycles. The van der Waals surface area contributed by atoms with Gasteiger partial charge in [0.05, 0.1) is 15.9 Å². The Morgan fingerprint density at radius 3 is 1.62 bits per heavy atom. The second-order valence-corrected chi connectivity index (χ2v) is 12.2. The van der Waals surface area contributed by atoms with E-state index in [2.05, 4.69) is 13.8 Å². The average Bonchev–Trinajstić information content (AvgIpc) is 2.73. The summed E-state index contributed by atoms with van der Waals surface area (Å²) in [6.45, 7) is 5.81. The van der Waals surface area contributed by atoms with Crippen molar-refractivity contribution in [1.82, 2.24) is 0 Å². The Morgan fingerprint density at radius 2 is 1.18 bits per heavy atom. The first-order valence-electron chi connectivity index (χ1n) is 12.7. The van der Waals surface area contributed by atoms with Crippen molar-refractivity contribution in [2.24, 2.45) is 0 Å². The Labute approximate surface area is 206 Å². The molecular formula is C25H44O7S2. The zero-order valence-electron chi connectivity index (χ0n) is 21.1. The molecule has 0 heterocycles. The van der Waals surface area contributed by atoms with Crippen molar-refractivity contribution in [3.8, 4) is 0 Å². The number of rotatable bonds is 16. The lowest BCUT2D eigenvalue weighted by Crippen LogP contribution is -2.23. The molecule has 0 radical (unpaired) electrons. The van der Waals surface area contributed by atoms with Crippen LogP contribution >= 0.6 is 0 Å². The molecule has 0 saturated carbocycles. The molecule has 0 bridgehead atoms. The fraction of sp³-hybridized carbons (Fsp3) is 0.760. The van der Waals surface area contributed by atoms with Crippen LogP contribution in [0.25, 0.3) is 0 Å². The molecule has 0 aromatic heterocycles. The predicted molar refractivity (Wildman–Crippen MR) is 138 cm³/mol. The highest BCUT2D eigenvalue weighted by Crippen LogP contribution is 2.37. The standard InChI is InChI=1S/C25H44O7S2/c1-4-6-8-10-12-14-16-23(33(27,28)29)21-18-20(3)25(26)22(19-21)24(34(30,31)32)17-15-13-11-9-7-5-2/h18,25-26H,4-17,19H2,1-3H3,(H,27,28,29)(H,30,31,32). The summed E-state index contributed by atoms with van der Waals surface area (Å²) in [7, 11) is -9.07. The van der Waals surface area contributed by atoms with Crippen LogP contribution in [-0.2, 0) is 20.2 Å². The summed E-state index contributed by atoms with van der Waals surface area (Å²) < 4.78 is 68.6. The van der Waals surface area contributed by atoms with Crippen molar-refractivity contribution < 1.29 is 31.0 Å². The third-order valence-corrected chi connectivity index (χ3v) is 8.58. The fourth-order valence-corrected chi connectivity index (χ4v) is 6.24. The van der Waals surface area contributed by atoms with E-state index in [0.29, 0.717) is 18.4 Å². The third-order valence-electron chi connectivity index (χ3n) is 6.40. The van der Waals surface area contributed by atoms with Crippen molar-refractivity contribution in [2.45, 2.75) is 123 Å². The van der Waals surface area contributed by atoms with Crippen LogP contribution in [0.1, 0.15) is 117 Å². The zero-order chi connectivity index (χ0) is 25.8. The Hall–Kier alpha value is -1.00. The molecule has 1 rings (SSSR count). The monoisotopic (exact) mass is 520 g/mol. The fourth-order valence-electron chi connectivity index (χ4n) is 4.45. The van der Waals surface area contributed by atoms with Gasteiger partial charge in [-0.15, -0.1) is 0 Å². The van der Waals surface area contributed by atoms with E-state index in [1.165, 1.54) is 6.08 Å². The summed E-state index contributed by atoms with van der Waals surface area (Å²) in [5.74, 6) is 0. The van der Waals surface area contributed by atoms with Gasteiger partial charge in [0, 0.05) is 0 Å². The number of hydrogen-bond donors (Lipinski definition) is 3. The van der Waals surface area contributed by atoms with Crippen LogP contribution < -0.4 is 0 Å². The van der Waals surface area contributed by atoms with E-state index in [4.69, 9.17) is 0 Å². The van der Waals surface area contributed by atoms with Gasteiger partial charge in [0.15, 0.2) is 0 Å². The van der Waals surface area contributed by atoms with Gasteiger partial charge in [-0.05, 0) is 55.7 Å². The van der Waals surface area contributed by atoms with Crippen molar-refractivity contribution in [2.75, 3.05) is 0 Å². The minimum Gasteiger partial charge on any atom is -0.384 e. The number of unbranched alkanes of at least 4 members (excludes halogenated alkanes) is 10. The first kappa shape index (κ1) is 31.0. The van der Waals surface area contributed by atoms with Gasteiger partial charge in [-0.1, -0.05) is 84.1 Å². The number of allylic oxidation sites excluding steroid dienone is 4. The Bertz CT molecular complexity index is 942. The molecule has 0 fully saturated rings. The van der Waals surface area contributed by atoms with Crippen LogP contribution in [0.15, 0.2) is 32.6 Å².